The van der Waals surface area contributed by atoms with Crippen LogP contribution in [0.25, 0.3) is 0 Å². The van der Waals surface area contributed by atoms with Crippen molar-refractivity contribution in [3.8, 4) is 5.88 Å². The van der Waals surface area contributed by atoms with E-state index in [9.17, 15) is 0 Å². The van der Waals surface area contributed by atoms with Gasteiger partial charge >= 0.3 is 0 Å². The number of rotatable bonds is 5. The maximum atomic E-state index is 5.76. The van der Waals surface area contributed by atoms with Gasteiger partial charge in [-0.25, -0.2) is 4.98 Å². The smallest absolute Gasteiger partial charge is 0.214 e. The minimum atomic E-state index is 0.497. The van der Waals surface area contributed by atoms with Gasteiger partial charge in [-0.1, -0.05) is 12.1 Å². The van der Waals surface area contributed by atoms with Crippen LogP contribution in [0.2, 0.25) is 0 Å². The summed E-state index contributed by atoms with van der Waals surface area (Å²) in [5.41, 5.74) is 2.24. The molecule has 0 aliphatic carbocycles. The number of hydrogen-bond donors (Lipinski definition) is 1. The van der Waals surface area contributed by atoms with Crippen LogP contribution in [0, 0.1) is 0 Å². The van der Waals surface area contributed by atoms with E-state index in [1.165, 1.54) is 4.90 Å². The number of nitrogens with one attached hydrogen (secondary N) is 1. The van der Waals surface area contributed by atoms with Crippen LogP contribution in [0.4, 0.5) is 5.69 Å². The van der Waals surface area contributed by atoms with Gasteiger partial charge in [-0.15, -0.1) is 11.8 Å². The number of benzene rings is 1. The summed E-state index contributed by atoms with van der Waals surface area (Å²) in [5.74, 6) is 0.618. The highest BCUT2D eigenvalue weighted by Gasteiger charge is 2.08. The maximum absolute atomic E-state index is 5.76. The van der Waals surface area contributed by atoms with Crippen LogP contribution < -0.4 is 10.1 Å². The lowest BCUT2D eigenvalue weighted by Crippen LogP contribution is -2.03. The monoisotopic (exact) mass is 338 g/mol. The van der Waals surface area contributed by atoms with Crippen LogP contribution in [0.15, 0.2) is 45.9 Å². The lowest BCUT2D eigenvalue weighted by atomic mass is 10.2. The predicted molar refractivity (Wildman–Crippen MR) is 84.0 cm³/mol. The van der Waals surface area contributed by atoms with Crippen molar-refractivity contribution >= 4 is 33.4 Å². The summed E-state index contributed by atoms with van der Waals surface area (Å²) in [5, 5.41) is 3.19. The van der Waals surface area contributed by atoms with Gasteiger partial charge in [0.05, 0.1) is 0 Å². The van der Waals surface area contributed by atoms with Gasteiger partial charge < -0.3 is 10.1 Å². The van der Waals surface area contributed by atoms with Crippen molar-refractivity contribution in [3.05, 3.63) is 46.6 Å². The number of nitrogens with zero attached hydrogens (tertiary/aromatic N) is 1. The van der Waals surface area contributed by atoms with E-state index < -0.39 is 0 Å². The zero-order valence-electron chi connectivity index (χ0n) is 10.8. The van der Waals surface area contributed by atoms with E-state index in [2.05, 4.69) is 38.6 Å². The molecular weight excluding hydrogens is 324 g/mol. The predicted octanol–water partition coefficient (Wildman–Crippen LogP) is 4.19. The molecule has 1 aromatic heterocycles. The lowest BCUT2D eigenvalue weighted by molar-refractivity contribution is 0.291. The molecule has 5 heteroatoms. The molecule has 1 N–H and O–H groups in total. The van der Waals surface area contributed by atoms with Crippen LogP contribution in [-0.2, 0) is 6.61 Å². The Labute approximate surface area is 125 Å². The first-order valence-electron chi connectivity index (χ1n) is 5.83. The Bertz CT molecular complexity index is 541. The number of aromatic nitrogens is 1. The molecule has 0 radical (unpaired) electrons. The fraction of sp³-hybridized carbons (Fsp3) is 0.214. The van der Waals surface area contributed by atoms with E-state index >= 15 is 0 Å². The second kappa shape index (κ2) is 6.82. The first-order valence-corrected chi connectivity index (χ1v) is 7.85. The average molecular weight is 339 g/mol. The Kier molecular flexibility index (Phi) is 5.10. The maximum Gasteiger partial charge on any atom is 0.214 e. The second-order valence-electron chi connectivity index (χ2n) is 3.82. The molecule has 0 aliphatic heterocycles. The van der Waals surface area contributed by atoms with Crippen molar-refractivity contribution in [1.29, 1.82) is 0 Å². The topological polar surface area (TPSA) is 34.1 Å². The molecule has 2 aromatic rings. The van der Waals surface area contributed by atoms with Crippen molar-refractivity contribution in [1.82, 2.24) is 4.98 Å². The fourth-order valence-electron chi connectivity index (χ4n) is 1.76. The van der Waals surface area contributed by atoms with E-state index in [1.54, 1.807) is 11.8 Å². The van der Waals surface area contributed by atoms with E-state index in [0.717, 1.165) is 15.9 Å². The molecule has 0 saturated carbocycles. The Morgan fingerprint density at radius 2 is 2.05 bits per heavy atom. The molecule has 0 unspecified atom stereocenters. The minimum Gasteiger partial charge on any atom is -0.473 e. The Hall–Kier alpha value is -1.20. The van der Waals surface area contributed by atoms with Crippen LogP contribution in [0.1, 0.15) is 5.56 Å². The van der Waals surface area contributed by atoms with E-state index in [0.29, 0.717) is 12.5 Å². The molecule has 3 nitrogen and oxygen atoms in total. The largest absolute Gasteiger partial charge is 0.473 e. The van der Waals surface area contributed by atoms with Gasteiger partial charge in [0.25, 0.3) is 0 Å². The molecule has 0 atom stereocenters. The Morgan fingerprint density at radius 3 is 2.74 bits per heavy atom. The summed E-state index contributed by atoms with van der Waals surface area (Å²) in [7, 11) is 1.92. The third kappa shape index (κ3) is 3.64. The summed E-state index contributed by atoms with van der Waals surface area (Å²) in [6.45, 7) is 0.497. The molecule has 19 heavy (non-hydrogen) atoms. The SMILES string of the molecule is CNc1cccc(SC)c1COc1cccc(Br)n1. The number of thioether (sulfide) groups is 1. The second-order valence-corrected chi connectivity index (χ2v) is 5.48. The molecule has 0 amide bonds. The summed E-state index contributed by atoms with van der Waals surface area (Å²) in [6, 6.07) is 11.8. The lowest BCUT2D eigenvalue weighted by Gasteiger charge is -2.13. The zero-order valence-corrected chi connectivity index (χ0v) is 13.2. The molecule has 0 aliphatic rings. The quantitative estimate of drug-likeness (QED) is 0.654. The summed E-state index contributed by atoms with van der Waals surface area (Å²) < 4.78 is 6.54. The zero-order chi connectivity index (χ0) is 13.7. The van der Waals surface area contributed by atoms with E-state index in [-0.39, 0.29) is 0 Å². The number of halogens is 1. The van der Waals surface area contributed by atoms with Crippen molar-refractivity contribution < 1.29 is 4.74 Å². The van der Waals surface area contributed by atoms with E-state index in [1.807, 2.05) is 37.4 Å². The van der Waals surface area contributed by atoms with Crippen molar-refractivity contribution in [2.24, 2.45) is 0 Å². The summed E-state index contributed by atoms with van der Waals surface area (Å²) in [4.78, 5) is 5.48. The highest BCUT2D eigenvalue weighted by atomic mass is 79.9. The number of anilines is 1. The van der Waals surface area contributed by atoms with Crippen LogP contribution >= 0.6 is 27.7 Å². The first kappa shape index (κ1) is 14.2. The van der Waals surface area contributed by atoms with Crippen molar-refractivity contribution in [2.45, 2.75) is 11.5 Å². The Morgan fingerprint density at radius 1 is 1.26 bits per heavy atom. The third-order valence-corrected chi connectivity index (χ3v) is 3.94. The average Bonchev–Trinajstić information content (AvgIpc) is 2.44. The van der Waals surface area contributed by atoms with Gasteiger partial charge in [0, 0.05) is 29.3 Å². The van der Waals surface area contributed by atoms with Gasteiger partial charge in [0.15, 0.2) is 0 Å². The molecule has 1 aromatic carbocycles. The number of ether oxygens (including phenoxy) is 1. The first-order chi connectivity index (χ1) is 9.24. The van der Waals surface area contributed by atoms with Gasteiger partial charge in [-0.2, -0.15) is 0 Å². The molecule has 2 rings (SSSR count). The van der Waals surface area contributed by atoms with Gasteiger partial charge in [-0.05, 0) is 40.4 Å². The minimum absolute atomic E-state index is 0.497. The molecule has 0 bridgehead atoms. The normalized spacial score (nSPS) is 10.3. The molecule has 1 heterocycles. The van der Waals surface area contributed by atoms with Gasteiger partial charge in [0.1, 0.15) is 11.2 Å². The molecule has 0 saturated heterocycles. The molecule has 0 fully saturated rings. The highest BCUT2D eigenvalue weighted by molar-refractivity contribution is 9.10. The van der Waals surface area contributed by atoms with Gasteiger partial charge in [-0.3, -0.25) is 0 Å². The summed E-state index contributed by atoms with van der Waals surface area (Å²) in [6.07, 6.45) is 2.07. The molecule has 100 valence electrons. The van der Waals surface area contributed by atoms with Crippen molar-refractivity contribution in [3.63, 3.8) is 0 Å². The van der Waals surface area contributed by atoms with Crippen molar-refractivity contribution in [2.75, 3.05) is 18.6 Å². The van der Waals surface area contributed by atoms with Crippen LogP contribution in [-0.4, -0.2) is 18.3 Å². The highest BCUT2D eigenvalue weighted by Crippen LogP contribution is 2.28. The van der Waals surface area contributed by atoms with Crippen LogP contribution in [0.3, 0.4) is 0 Å². The number of hydrogen-bond acceptors (Lipinski definition) is 4. The Balaban J connectivity index is 2.19. The van der Waals surface area contributed by atoms with E-state index in [4.69, 9.17) is 4.74 Å². The third-order valence-electron chi connectivity index (χ3n) is 2.68. The number of pyridine rings is 1. The fourth-order valence-corrected chi connectivity index (χ4v) is 2.71. The standard InChI is InChI=1S/C14H15BrN2OS/c1-16-11-5-3-6-12(19-2)10(11)9-18-14-8-4-7-13(15)17-14/h3-8,16H,9H2,1-2H3. The summed E-state index contributed by atoms with van der Waals surface area (Å²) >= 11 is 5.05. The van der Waals surface area contributed by atoms with Crippen LogP contribution in [0.5, 0.6) is 5.88 Å². The molecule has 0 spiro atoms. The van der Waals surface area contributed by atoms with Gasteiger partial charge in [0.2, 0.25) is 5.88 Å². The molecular formula is C14H15BrN2OS.